The molecule has 25 heavy (non-hydrogen) atoms. The van der Waals surface area contributed by atoms with Gasteiger partial charge in [-0.2, -0.15) is 0 Å². The highest BCUT2D eigenvalue weighted by Gasteiger charge is 2.32. The van der Waals surface area contributed by atoms with E-state index in [4.69, 9.17) is 0 Å². The lowest BCUT2D eigenvalue weighted by Crippen LogP contribution is -2.36. The van der Waals surface area contributed by atoms with Crippen LogP contribution in [0.1, 0.15) is 25.5 Å². The third-order valence-electron chi connectivity index (χ3n) is 4.30. The third-order valence-corrected chi connectivity index (χ3v) is 4.30. The van der Waals surface area contributed by atoms with Crippen molar-refractivity contribution in [2.24, 2.45) is 0 Å². The van der Waals surface area contributed by atoms with E-state index < -0.39 is 16.9 Å². The third kappa shape index (κ3) is 3.42. The summed E-state index contributed by atoms with van der Waals surface area (Å²) in [6.45, 7) is 2.60. The van der Waals surface area contributed by atoms with Crippen molar-refractivity contribution < 1.29 is 14.8 Å². The molecule has 1 aliphatic rings. The summed E-state index contributed by atoms with van der Waals surface area (Å²) in [7, 11) is 0. The zero-order valence-electron chi connectivity index (χ0n) is 13.8. The van der Waals surface area contributed by atoms with E-state index in [1.54, 1.807) is 17.0 Å². The number of hydrogen-bond acceptors (Lipinski definition) is 6. The number of anilines is 1. The number of rotatable bonds is 5. The van der Waals surface area contributed by atoms with Gasteiger partial charge >= 0.3 is 5.97 Å². The van der Waals surface area contributed by atoms with Crippen LogP contribution < -0.4 is 4.90 Å². The largest absolute Gasteiger partial charge is 0.480 e. The van der Waals surface area contributed by atoms with Crippen molar-refractivity contribution in [3.8, 4) is 11.4 Å². The number of nitro benzene ring substituents is 1. The zero-order chi connectivity index (χ0) is 18.0. The van der Waals surface area contributed by atoms with E-state index in [9.17, 15) is 20.0 Å². The second-order valence-corrected chi connectivity index (χ2v) is 5.89. The van der Waals surface area contributed by atoms with E-state index in [-0.39, 0.29) is 5.69 Å². The summed E-state index contributed by atoms with van der Waals surface area (Å²) in [6, 6.07) is 7.27. The van der Waals surface area contributed by atoms with Crippen molar-refractivity contribution >= 4 is 17.5 Å². The number of carboxylic acids is 1. The Bertz CT molecular complexity index is 807. The molecule has 0 bridgehead atoms. The van der Waals surface area contributed by atoms with Crippen LogP contribution in [0.3, 0.4) is 0 Å². The number of non-ortho nitro benzene ring substituents is 1. The molecule has 1 aromatic heterocycles. The van der Waals surface area contributed by atoms with Gasteiger partial charge in [-0.05, 0) is 31.4 Å². The van der Waals surface area contributed by atoms with Gasteiger partial charge in [0.15, 0.2) is 5.82 Å². The smallest absolute Gasteiger partial charge is 0.326 e. The van der Waals surface area contributed by atoms with Gasteiger partial charge in [0.1, 0.15) is 11.9 Å². The summed E-state index contributed by atoms with van der Waals surface area (Å²) < 4.78 is 0. The van der Waals surface area contributed by atoms with Crippen molar-refractivity contribution in [2.45, 2.75) is 32.2 Å². The lowest BCUT2D eigenvalue weighted by atomic mass is 10.2. The maximum atomic E-state index is 11.4. The van der Waals surface area contributed by atoms with Gasteiger partial charge in [-0.1, -0.05) is 6.92 Å². The van der Waals surface area contributed by atoms with E-state index >= 15 is 0 Å². The molecule has 1 aromatic carbocycles. The fourth-order valence-electron chi connectivity index (χ4n) is 2.97. The van der Waals surface area contributed by atoms with Crippen LogP contribution in [0.25, 0.3) is 11.4 Å². The van der Waals surface area contributed by atoms with E-state index in [1.165, 1.54) is 12.1 Å². The maximum Gasteiger partial charge on any atom is 0.326 e. The first-order valence-corrected chi connectivity index (χ1v) is 8.12. The Hall–Kier alpha value is -3.03. The minimum Gasteiger partial charge on any atom is -0.480 e. The van der Waals surface area contributed by atoms with Crippen molar-refractivity contribution in [1.82, 2.24) is 9.97 Å². The highest BCUT2D eigenvalue weighted by molar-refractivity contribution is 5.78. The molecular formula is C17H18N4O4. The monoisotopic (exact) mass is 342 g/mol. The molecule has 8 heteroatoms. The number of aliphatic carboxylic acids is 1. The summed E-state index contributed by atoms with van der Waals surface area (Å²) in [6.07, 6.45) is 2.07. The van der Waals surface area contributed by atoms with Gasteiger partial charge in [-0.15, -0.1) is 0 Å². The van der Waals surface area contributed by atoms with Gasteiger partial charge in [0.2, 0.25) is 0 Å². The maximum absolute atomic E-state index is 11.4. The molecule has 0 unspecified atom stereocenters. The van der Waals surface area contributed by atoms with Crippen molar-refractivity contribution in [3.05, 3.63) is 46.1 Å². The van der Waals surface area contributed by atoms with Crippen molar-refractivity contribution in [2.75, 3.05) is 11.4 Å². The average molecular weight is 342 g/mol. The van der Waals surface area contributed by atoms with Gasteiger partial charge in [0.05, 0.1) is 4.92 Å². The Balaban J connectivity index is 2.00. The van der Waals surface area contributed by atoms with E-state index in [0.717, 1.165) is 12.1 Å². The van der Waals surface area contributed by atoms with Crippen LogP contribution in [0.15, 0.2) is 30.3 Å². The lowest BCUT2D eigenvalue weighted by Gasteiger charge is -2.23. The van der Waals surface area contributed by atoms with Crippen molar-refractivity contribution in [3.63, 3.8) is 0 Å². The van der Waals surface area contributed by atoms with E-state index in [1.807, 2.05) is 13.0 Å². The number of aromatic nitrogens is 2. The quantitative estimate of drug-likeness (QED) is 0.657. The fraction of sp³-hybridized carbons (Fsp3) is 0.353. The minimum atomic E-state index is -0.856. The summed E-state index contributed by atoms with van der Waals surface area (Å²) >= 11 is 0. The van der Waals surface area contributed by atoms with Gasteiger partial charge in [0.25, 0.3) is 5.69 Å². The second kappa shape index (κ2) is 6.84. The molecule has 0 aliphatic carbocycles. The number of carboxylic acid groups (broad SMARTS) is 1. The Morgan fingerprint density at radius 3 is 2.68 bits per heavy atom. The molecule has 1 aliphatic heterocycles. The van der Waals surface area contributed by atoms with Gasteiger partial charge in [0, 0.05) is 36.0 Å². The molecule has 2 heterocycles. The van der Waals surface area contributed by atoms with Crippen LogP contribution in [0, 0.1) is 10.1 Å². The van der Waals surface area contributed by atoms with Crippen molar-refractivity contribution in [1.29, 1.82) is 0 Å². The zero-order valence-corrected chi connectivity index (χ0v) is 13.8. The Labute approximate surface area is 144 Å². The predicted molar refractivity (Wildman–Crippen MR) is 91.5 cm³/mol. The molecule has 2 aromatic rings. The first-order chi connectivity index (χ1) is 12.0. The molecule has 0 saturated carbocycles. The number of nitrogens with zero attached hydrogens (tertiary/aromatic N) is 4. The topological polar surface area (TPSA) is 109 Å². The summed E-state index contributed by atoms with van der Waals surface area (Å²) in [4.78, 5) is 32.6. The molecule has 0 amide bonds. The fourth-order valence-corrected chi connectivity index (χ4v) is 2.97. The number of hydrogen-bond donors (Lipinski definition) is 1. The highest BCUT2D eigenvalue weighted by Crippen LogP contribution is 2.27. The van der Waals surface area contributed by atoms with Gasteiger partial charge < -0.3 is 10.0 Å². The molecule has 0 spiro atoms. The second-order valence-electron chi connectivity index (χ2n) is 5.89. The van der Waals surface area contributed by atoms with Crippen LogP contribution >= 0.6 is 0 Å². The van der Waals surface area contributed by atoms with Gasteiger partial charge in [-0.3, -0.25) is 10.1 Å². The van der Waals surface area contributed by atoms with Crippen LogP contribution in [-0.2, 0) is 11.2 Å². The molecule has 1 N–H and O–H groups in total. The first kappa shape index (κ1) is 16.8. The van der Waals surface area contributed by atoms with E-state index in [2.05, 4.69) is 9.97 Å². The van der Waals surface area contributed by atoms with Crippen LogP contribution in [0.2, 0.25) is 0 Å². The Kier molecular flexibility index (Phi) is 4.60. The van der Waals surface area contributed by atoms with E-state index in [0.29, 0.717) is 36.6 Å². The predicted octanol–water partition coefficient (Wildman–Crippen LogP) is 2.67. The Morgan fingerprint density at radius 2 is 2.08 bits per heavy atom. The summed E-state index contributed by atoms with van der Waals surface area (Å²) in [5, 5.41) is 20.2. The molecule has 0 radical (unpaired) electrons. The first-order valence-electron chi connectivity index (χ1n) is 8.12. The molecule has 1 fully saturated rings. The molecule has 1 saturated heterocycles. The molecule has 1 atom stereocenters. The minimum absolute atomic E-state index is 0.00102. The number of nitro groups is 1. The highest BCUT2D eigenvalue weighted by atomic mass is 16.6. The molecule has 3 rings (SSSR count). The van der Waals surface area contributed by atoms with Crippen LogP contribution in [0.5, 0.6) is 0 Å². The molecule has 130 valence electrons. The standard InChI is InChI=1S/C17H18N4O4/c1-2-12-10-15(20-9-3-4-14(20)17(22)23)19-16(18-12)11-5-7-13(8-6-11)21(24)25/h5-8,10,14H,2-4,9H2,1H3,(H,22,23)/t14-/m0/s1. The SMILES string of the molecule is CCc1cc(N2CCC[C@H]2C(=O)O)nc(-c2ccc([N+](=O)[O-])cc2)n1. The summed E-state index contributed by atoms with van der Waals surface area (Å²) in [5.74, 6) is 0.177. The van der Waals surface area contributed by atoms with Gasteiger partial charge in [-0.25, -0.2) is 14.8 Å². The number of aryl methyl sites for hydroxylation is 1. The Morgan fingerprint density at radius 1 is 1.36 bits per heavy atom. The normalized spacial score (nSPS) is 16.8. The molecular weight excluding hydrogens is 324 g/mol. The number of carbonyl (C=O) groups is 1. The molecule has 8 nitrogen and oxygen atoms in total. The number of benzene rings is 1. The average Bonchev–Trinajstić information content (AvgIpc) is 3.11. The van der Waals surface area contributed by atoms with Crippen LogP contribution in [-0.4, -0.2) is 38.6 Å². The lowest BCUT2D eigenvalue weighted by molar-refractivity contribution is -0.384. The summed E-state index contributed by atoms with van der Waals surface area (Å²) in [5.41, 5.74) is 1.46. The van der Waals surface area contributed by atoms with Crippen LogP contribution in [0.4, 0.5) is 11.5 Å².